The third-order valence-corrected chi connectivity index (χ3v) is 3.66. The zero-order valence-corrected chi connectivity index (χ0v) is 11.4. The van der Waals surface area contributed by atoms with Gasteiger partial charge < -0.3 is 10.8 Å². The van der Waals surface area contributed by atoms with Crippen molar-refractivity contribution >= 4 is 29.3 Å². The Hall–Kier alpha value is -0.710. The maximum Gasteiger partial charge on any atom is 0.323 e. The fraction of sp³-hybridized carbons (Fsp3) is 0.417. The van der Waals surface area contributed by atoms with E-state index in [4.69, 9.17) is 22.4 Å². The average molecular weight is 274 g/mol. The fourth-order valence-corrected chi connectivity index (χ4v) is 3.00. The predicted molar refractivity (Wildman–Crippen MR) is 71.6 cm³/mol. The molecule has 0 heterocycles. The zero-order chi connectivity index (χ0) is 13.1. The lowest BCUT2D eigenvalue weighted by molar-refractivity contribution is -0.142. The number of nitrogens with two attached hydrogens (primary N) is 1. The highest BCUT2D eigenvalue weighted by Crippen LogP contribution is 2.29. The lowest BCUT2D eigenvalue weighted by atomic mass is 9.98. The van der Waals surface area contributed by atoms with Gasteiger partial charge in [-0.15, -0.1) is 11.8 Å². The first-order valence-corrected chi connectivity index (χ1v) is 6.51. The quantitative estimate of drug-likeness (QED) is 0.810. The molecule has 0 radical (unpaired) electrons. The molecule has 0 aromatic heterocycles. The van der Waals surface area contributed by atoms with Crippen molar-refractivity contribution in [1.82, 2.24) is 0 Å². The molecule has 0 saturated heterocycles. The van der Waals surface area contributed by atoms with Crippen molar-refractivity contribution in [3.8, 4) is 0 Å². The predicted octanol–water partition coefficient (Wildman–Crippen LogP) is 3.01. The van der Waals surface area contributed by atoms with Crippen molar-refractivity contribution in [1.29, 1.82) is 0 Å². The fourth-order valence-electron chi connectivity index (χ4n) is 1.50. The molecule has 94 valence electrons. The van der Waals surface area contributed by atoms with Gasteiger partial charge in [0.25, 0.3) is 0 Å². The molecule has 1 aromatic carbocycles. The number of carbonyl (C=O) groups is 1. The molecule has 0 bridgehead atoms. The number of hydrogen-bond acceptors (Lipinski definition) is 3. The number of halogens is 1. The molecule has 17 heavy (non-hydrogen) atoms. The smallest absolute Gasteiger partial charge is 0.323 e. The van der Waals surface area contributed by atoms with E-state index in [0.29, 0.717) is 11.4 Å². The van der Waals surface area contributed by atoms with Crippen LogP contribution in [0.2, 0.25) is 5.02 Å². The van der Waals surface area contributed by atoms with Gasteiger partial charge in [-0.1, -0.05) is 24.6 Å². The molecule has 0 aliphatic heterocycles. The van der Waals surface area contributed by atoms with Crippen LogP contribution in [0.3, 0.4) is 0 Å². The molecule has 0 fully saturated rings. The lowest BCUT2D eigenvalue weighted by Crippen LogP contribution is -2.46. The van der Waals surface area contributed by atoms with E-state index >= 15 is 0 Å². The molecule has 2 unspecified atom stereocenters. The molecule has 0 spiro atoms. The maximum absolute atomic E-state index is 10.9. The minimum Gasteiger partial charge on any atom is -0.480 e. The summed E-state index contributed by atoms with van der Waals surface area (Å²) in [4.78, 5) is 11.9. The van der Waals surface area contributed by atoms with Crippen LogP contribution < -0.4 is 5.73 Å². The zero-order valence-electron chi connectivity index (χ0n) is 9.81. The van der Waals surface area contributed by atoms with Crippen LogP contribution in [0.1, 0.15) is 20.3 Å². The Labute approximate surface area is 110 Å². The van der Waals surface area contributed by atoms with Crippen molar-refractivity contribution < 1.29 is 9.90 Å². The Morgan fingerprint density at radius 3 is 2.82 bits per heavy atom. The molecule has 5 heteroatoms. The largest absolute Gasteiger partial charge is 0.480 e. The van der Waals surface area contributed by atoms with Crippen molar-refractivity contribution in [3.05, 3.63) is 29.3 Å². The van der Waals surface area contributed by atoms with E-state index in [1.165, 1.54) is 6.92 Å². The number of hydrogen-bond donors (Lipinski definition) is 2. The minimum atomic E-state index is -1.19. The van der Waals surface area contributed by atoms with Crippen LogP contribution in [-0.2, 0) is 4.79 Å². The molecule has 0 amide bonds. The summed E-state index contributed by atoms with van der Waals surface area (Å²) >= 11 is 7.45. The Bertz CT molecular complexity index is 409. The highest BCUT2D eigenvalue weighted by molar-refractivity contribution is 8.00. The number of carboxylic acids is 1. The molecule has 3 nitrogen and oxygen atoms in total. The van der Waals surface area contributed by atoms with Crippen LogP contribution in [0, 0.1) is 0 Å². The van der Waals surface area contributed by atoms with Crippen molar-refractivity contribution in [2.75, 3.05) is 0 Å². The molecular weight excluding hydrogens is 258 g/mol. The molecule has 1 aromatic rings. The summed E-state index contributed by atoms with van der Waals surface area (Å²) in [7, 11) is 0. The molecular formula is C12H16ClNO2S. The van der Waals surface area contributed by atoms with Crippen LogP contribution in [0.15, 0.2) is 29.2 Å². The van der Waals surface area contributed by atoms with Crippen molar-refractivity contribution in [3.63, 3.8) is 0 Å². The molecule has 0 aliphatic rings. The van der Waals surface area contributed by atoms with E-state index in [-0.39, 0.29) is 5.25 Å². The van der Waals surface area contributed by atoms with Gasteiger partial charge in [0.05, 0.1) is 0 Å². The number of aliphatic carboxylic acids is 1. The summed E-state index contributed by atoms with van der Waals surface area (Å²) in [6, 6.07) is 7.48. The van der Waals surface area contributed by atoms with Gasteiger partial charge in [0, 0.05) is 15.2 Å². The topological polar surface area (TPSA) is 63.3 Å². The molecule has 1 rings (SSSR count). The standard InChI is InChI=1S/C12H16ClNO2S/c1-8(7-12(2,14)11(15)16)17-10-5-3-4-9(13)6-10/h3-6,8H,7,14H2,1-2H3,(H,15,16). The second kappa shape index (κ2) is 5.76. The Kier molecular flexibility index (Phi) is 4.86. The average Bonchev–Trinajstić information content (AvgIpc) is 2.15. The van der Waals surface area contributed by atoms with Gasteiger partial charge in [0.15, 0.2) is 0 Å². The van der Waals surface area contributed by atoms with Gasteiger partial charge in [-0.05, 0) is 31.5 Å². The lowest BCUT2D eigenvalue weighted by Gasteiger charge is -2.23. The van der Waals surface area contributed by atoms with E-state index < -0.39 is 11.5 Å². The third-order valence-electron chi connectivity index (χ3n) is 2.33. The van der Waals surface area contributed by atoms with Crippen LogP contribution >= 0.6 is 23.4 Å². The van der Waals surface area contributed by atoms with Gasteiger partial charge in [-0.2, -0.15) is 0 Å². The summed E-state index contributed by atoms with van der Waals surface area (Å²) in [6.45, 7) is 3.49. The van der Waals surface area contributed by atoms with Gasteiger partial charge in [0.1, 0.15) is 5.54 Å². The Morgan fingerprint density at radius 1 is 1.65 bits per heavy atom. The second-order valence-electron chi connectivity index (χ2n) is 4.31. The maximum atomic E-state index is 10.9. The molecule has 0 saturated carbocycles. The first-order chi connectivity index (χ1) is 7.81. The van der Waals surface area contributed by atoms with Crippen molar-refractivity contribution in [2.45, 2.75) is 36.0 Å². The van der Waals surface area contributed by atoms with Crippen LogP contribution in [-0.4, -0.2) is 21.9 Å². The summed E-state index contributed by atoms with van der Waals surface area (Å²) in [6.07, 6.45) is 0.402. The van der Waals surface area contributed by atoms with Gasteiger partial charge in [0.2, 0.25) is 0 Å². The highest BCUT2D eigenvalue weighted by Gasteiger charge is 2.30. The monoisotopic (exact) mass is 273 g/mol. The highest BCUT2D eigenvalue weighted by atomic mass is 35.5. The van der Waals surface area contributed by atoms with E-state index in [1.807, 2.05) is 25.1 Å². The van der Waals surface area contributed by atoms with Crippen molar-refractivity contribution in [2.24, 2.45) is 5.73 Å². The van der Waals surface area contributed by atoms with Crippen LogP contribution in [0.5, 0.6) is 0 Å². The Morgan fingerprint density at radius 2 is 2.29 bits per heavy atom. The second-order valence-corrected chi connectivity index (χ2v) is 6.26. The van der Waals surface area contributed by atoms with Gasteiger partial charge in [-0.3, -0.25) is 4.79 Å². The number of benzene rings is 1. The first kappa shape index (κ1) is 14.4. The molecule has 0 aliphatic carbocycles. The summed E-state index contributed by atoms with van der Waals surface area (Å²) in [5, 5.41) is 9.73. The first-order valence-electron chi connectivity index (χ1n) is 5.26. The number of rotatable bonds is 5. The molecule has 2 atom stereocenters. The van der Waals surface area contributed by atoms with E-state index in [9.17, 15) is 4.79 Å². The molecule has 3 N–H and O–H groups in total. The summed E-state index contributed by atoms with van der Waals surface area (Å²) < 4.78 is 0. The Balaban J connectivity index is 2.61. The van der Waals surface area contributed by atoms with Crippen LogP contribution in [0.25, 0.3) is 0 Å². The van der Waals surface area contributed by atoms with E-state index in [0.717, 1.165) is 4.90 Å². The van der Waals surface area contributed by atoms with E-state index in [1.54, 1.807) is 17.8 Å². The van der Waals surface area contributed by atoms with Crippen LogP contribution in [0.4, 0.5) is 0 Å². The van der Waals surface area contributed by atoms with E-state index in [2.05, 4.69) is 0 Å². The third kappa shape index (κ3) is 4.58. The SMILES string of the molecule is CC(CC(C)(N)C(=O)O)Sc1cccc(Cl)c1. The number of carboxylic acid groups (broad SMARTS) is 1. The summed E-state index contributed by atoms with van der Waals surface area (Å²) in [5.74, 6) is -0.976. The van der Waals surface area contributed by atoms with Gasteiger partial charge in [-0.25, -0.2) is 0 Å². The summed E-state index contributed by atoms with van der Waals surface area (Å²) in [5.41, 5.74) is 4.52. The number of thioether (sulfide) groups is 1. The minimum absolute atomic E-state index is 0.111. The normalized spacial score (nSPS) is 16.2. The van der Waals surface area contributed by atoms with Gasteiger partial charge >= 0.3 is 5.97 Å².